The van der Waals surface area contributed by atoms with E-state index >= 15 is 0 Å². The number of carbonyl (C=O) groups excluding carboxylic acids is 4. The third-order valence-corrected chi connectivity index (χ3v) is 14.0. The number of carbonyl (C=O) groups is 4. The van der Waals surface area contributed by atoms with Crippen LogP contribution in [-0.4, -0.2) is 107 Å². The number of nitrogens with zero attached hydrogens (tertiary/aromatic N) is 2. The van der Waals surface area contributed by atoms with Crippen LogP contribution in [0.3, 0.4) is 0 Å². The normalized spacial score (nSPS) is 23.9. The van der Waals surface area contributed by atoms with Gasteiger partial charge in [0, 0.05) is 35.7 Å². The van der Waals surface area contributed by atoms with Crippen molar-refractivity contribution in [3.63, 3.8) is 0 Å². The maximum atomic E-state index is 13.8. The summed E-state index contributed by atoms with van der Waals surface area (Å²) in [6.07, 6.45) is 2.69. The van der Waals surface area contributed by atoms with Gasteiger partial charge in [-0.05, 0) is 72.9 Å². The summed E-state index contributed by atoms with van der Waals surface area (Å²) in [5.41, 5.74) is 2.79. The molecule has 55 heavy (non-hydrogen) atoms. The first-order valence-corrected chi connectivity index (χ1v) is 22.1. The molecular formula is C40H56N4O8S3. The molecule has 2 aromatic rings. The highest BCUT2D eigenvalue weighted by Crippen LogP contribution is 2.46. The molecule has 3 aliphatic heterocycles. The summed E-state index contributed by atoms with van der Waals surface area (Å²) >= 11 is 1.30. The minimum Gasteiger partial charge on any atom is -0.506 e. The Balaban J connectivity index is 1.60. The van der Waals surface area contributed by atoms with E-state index in [-0.39, 0.29) is 45.6 Å². The molecule has 15 heteroatoms. The first kappa shape index (κ1) is 43.0. The van der Waals surface area contributed by atoms with Crippen LogP contribution in [0.5, 0.6) is 11.5 Å². The maximum Gasteiger partial charge on any atom is 0.329 e. The number of esters is 2. The number of hydrogen-bond donors (Lipinski definition) is 4. The van der Waals surface area contributed by atoms with Gasteiger partial charge in [-0.1, -0.05) is 87.0 Å². The monoisotopic (exact) mass is 816 g/mol. The number of phenolic OH excluding ortho intramolecular Hbond substituents is 2. The summed E-state index contributed by atoms with van der Waals surface area (Å²) in [5.74, 6) is -1.29. The first-order valence-electron chi connectivity index (χ1n) is 18.8. The van der Waals surface area contributed by atoms with Crippen LogP contribution in [0.1, 0.15) is 89.5 Å². The first-order chi connectivity index (χ1) is 25.9. The van der Waals surface area contributed by atoms with Crippen molar-refractivity contribution in [1.29, 1.82) is 0 Å². The van der Waals surface area contributed by atoms with E-state index < -0.39 is 36.1 Å². The summed E-state index contributed by atoms with van der Waals surface area (Å²) in [7, 11) is 5.11. The van der Waals surface area contributed by atoms with E-state index in [1.54, 1.807) is 0 Å². The lowest BCUT2D eigenvalue weighted by molar-refractivity contribution is -0.145. The minimum absolute atomic E-state index is 0.0851. The van der Waals surface area contributed by atoms with Crippen molar-refractivity contribution in [2.24, 2.45) is 0 Å². The molecule has 0 aliphatic carbocycles. The molecule has 0 saturated carbocycles. The number of benzene rings is 2. The summed E-state index contributed by atoms with van der Waals surface area (Å²) in [6.45, 7) is 14.5. The zero-order valence-corrected chi connectivity index (χ0v) is 35.6. The highest BCUT2D eigenvalue weighted by atomic mass is 33.1. The molecule has 4 atom stereocenters. The number of fused-ring (bicyclic) bond motifs is 6. The number of phenols is 2. The fraction of sp³-hybridized carbons (Fsp3) is 0.600. The Bertz CT molecular complexity index is 1640. The number of amides is 2. The zero-order valence-electron chi connectivity index (χ0n) is 33.2. The largest absolute Gasteiger partial charge is 0.506 e. The standard InChI is InChI=1S/C40H56N4O8S3/c1-39(2,3)25-15-23-19-43-13-9-11-29(43)35(47)41-27(37(49)51-7)21-53-54-22-28(38(50)52-8)42-36(48)30-12-10-14-44(30)20-24-16-26(40(4,5)6)18-32(34(24)46)55-31(17-25)33(23)45/h15-18,27-30,45-46H,9-14,19-22H2,1-8H3,(H,41,47)(H,42,48)/t27-,28-,29+,30+/m1/s1. The van der Waals surface area contributed by atoms with E-state index in [9.17, 15) is 29.4 Å². The van der Waals surface area contributed by atoms with Gasteiger partial charge in [0.1, 0.15) is 23.6 Å². The summed E-state index contributed by atoms with van der Waals surface area (Å²) in [6, 6.07) is 4.96. The lowest BCUT2D eigenvalue weighted by Gasteiger charge is -2.28. The van der Waals surface area contributed by atoms with Gasteiger partial charge in [0.2, 0.25) is 11.8 Å². The highest BCUT2D eigenvalue weighted by Gasteiger charge is 2.37. The van der Waals surface area contributed by atoms with Crippen molar-refractivity contribution in [3.05, 3.63) is 46.5 Å². The molecule has 5 rings (SSSR count). The Labute approximate surface area is 337 Å². The molecule has 2 aromatic carbocycles. The summed E-state index contributed by atoms with van der Waals surface area (Å²) in [5, 5.41) is 29.6. The minimum atomic E-state index is -0.946. The molecule has 302 valence electrons. The summed E-state index contributed by atoms with van der Waals surface area (Å²) < 4.78 is 10.1. The molecule has 0 unspecified atom stereocenters. The summed E-state index contributed by atoms with van der Waals surface area (Å²) in [4.78, 5) is 58.6. The van der Waals surface area contributed by atoms with Gasteiger partial charge in [0.25, 0.3) is 0 Å². The highest BCUT2D eigenvalue weighted by molar-refractivity contribution is 8.76. The van der Waals surface area contributed by atoms with Gasteiger partial charge in [-0.3, -0.25) is 19.4 Å². The molecule has 12 nitrogen and oxygen atoms in total. The molecule has 3 aliphatic rings. The van der Waals surface area contributed by atoms with E-state index in [4.69, 9.17) is 9.47 Å². The topological polar surface area (TPSA) is 158 Å². The van der Waals surface area contributed by atoms with E-state index in [1.165, 1.54) is 47.6 Å². The van der Waals surface area contributed by atoms with Crippen LogP contribution in [0.25, 0.3) is 0 Å². The van der Waals surface area contributed by atoms with Crippen LogP contribution in [0.15, 0.2) is 34.1 Å². The van der Waals surface area contributed by atoms with Crippen LogP contribution < -0.4 is 10.6 Å². The van der Waals surface area contributed by atoms with Crippen molar-refractivity contribution in [2.45, 2.75) is 125 Å². The van der Waals surface area contributed by atoms with Gasteiger partial charge in [0.05, 0.1) is 36.1 Å². The third-order valence-electron chi connectivity index (χ3n) is 10.5. The van der Waals surface area contributed by atoms with Crippen molar-refractivity contribution >= 4 is 57.1 Å². The van der Waals surface area contributed by atoms with Crippen LogP contribution >= 0.6 is 33.3 Å². The van der Waals surface area contributed by atoms with Crippen LogP contribution in [0, 0.1) is 0 Å². The third kappa shape index (κ3) is 10.4. The molecular weight excluding hydrogens is 761 g/mol. The molecule has 2 amide bonds. The number of aromatic hydroxyl groups is 2. The quantitative estimate of drug-likeness (QED) is 0.223. The van der Waals surface area contributed by atoms with Crippen molar-refractivity contribution < 1.29 is 38.9 Å². The van der Waals surface area contributed by atoms with Gasteiger partial charge in [-0.25, -0.2) is 9.59 Å². The second-order valence-corrected chi connectivity index (χ2v) is 20.2. The Morgan fingerprint density at radius 1 is 0.691 bits per heavy atom. The van der Waals surface area contributed by atoms with Crippen LogP contribution in [-0.2, 0) is 52.6 Å². The molecule has 2 fully saturated rings. The number of nitrogens with one attached hydrogen (secondary N) is 2. The zero-order chi connectivity index (χ0) is 40.2. The molecule has 0 radical (unpaired) electrons. The van der Waals surface area contributed by atoms with E-state index in [2.05, 4.69) is 52.2 Å². The van der Waals surface area contributed by atoms with Crippen molar-refractivity contribution in [1.82, 2.24) is 20.4 Å². The van der Waals surface area contributed by atoms with Gasteiger partial charge in [-0.15, -0.1) is 0 Å². The smallest absolute Gasteiger partial charge is 0.329 e. The fourth-order valence-corrected chi connectivity index (χ4v) is 10.5. The van der Waals surface area contributed by atoms with Gasteiger partial charge in [-0.2, -0.15) is 0 Å². The van der Waals surface area contributed by atoms with Crippen LogP contribution in [0.4, 0.5) is 0 Å². The molecule has 3 heterocycles. The van der Waals surface area contributed by atoms with Crippen molar-refractivity contribution in [3.8, 4) is 11.5 Å². The van der Waals surface area contributed by atoms with Gasteiger partial charge in [0.15, 0.2) is 0 Å². The molecule has 0 aromatic heterocycles. The number of ether oxygens (including phenoxy) is 2. The average molecular weight is 817 g/mol. The van der Waals surface area contributed by atoms with Crippen LogP contribution in [0.2, 0.25) is 0 Å². The predicted octanol–water partition coefficient (Wildman–Crippen LogP) is 5.48. The van der Waals surface area contributed by atoms with Crippen molar-refractivity contribution in [2.75, 3.05) is 38.8 Å². The van der Waals surface area contributed by atoms with E-state index in [1.807, 2.05) is 34.1 Å². The Morgan fingerprint density at radius 3 is 1.42 bits per heavy atom. The molecule has 2 saturated heterocycles. The van der Waals surface area contributed by atoms with Gasteiger partial charge < -0.3 is 30.3 Å². The maximum absolute atomic E-state index is 13.8. The number of rotatable bonds is 2. The second kappa shape index (κ2) is 18.0. The fourth-order valence-electron chi connectivity index (χ4n) is 7.16. The number of methoxy groups -OCH3 is 2. The van der Waals surface area contributed by atoms with Gasteiger partial charge >= 0.3 is 11.9 Å². The lowest BCUT2D eigenvalue weighted by Crippen LogP contribution is -2.51. The Hall–Kier alpha value is -3.11. The number of hydrogen-bond acceptors (Lipinski definition) is 13. The molecule has 4 N–H and O–H groups in total. The SMILES string of the molecule is COC(=O)[C@H]1CSSC[C@H](C(=O)OC)NC(=O)[C@@H]2CCCN2Cc2cc(C(C)(C)C)cc(c2O)Sc2cc(C(C)(C)C)cc(c2O)CN2CCC[C@H]2C(=O)N1. The average Bonchev–Trinajstić information content (AvgIpc) is 3.79. The van der Waals surface area contributed by atoms with E-state index in [0.29, 0.717) is 59.9 Å². The predicted molar refractivity (Wildman–Crippen MR) is 217 cm³/mol. The lowest BCUT2D eigenvalue weighted by atomic mass is 9.86. The van der Waals surface area contributed by atoms with E-state index in [0.717, 1.165) is 24.0 Å². The second-order valence-electron chi connectivity index (χ2n) is 16.6. The Kier molecular flexibility index (Phi) is 14.1. The molecule has 4 bridgehead atoms. The Morgan fingerprint density at radius 2 is 1.07 bits per heavy atom. The molecule has 0 spiro atoms.